The van der Waals surface area contributed by atoms with Gasteiger partial charge in [0.05, 0.1) is 19.1 Å². The number of carbonyl (C=O) groups excluding carboxylic acids is 12. The Balaban J connectivity index is 1.48. The van der Waals surface area contributed by atoms with Gasteiger partial charge in [0, 0.05) is 45.7 Å². The molecule has 0 aromatic heterocycles. The molecule has 0 aliphatic heterocycles. The van der Waals surface area contributed by atoms with Crippen molar-refractivity contribution in [2.45, 2.75) is 147 Å². The van der Waals surface area contributed by atoms with E-state index in [0.29, 0.717) is 11.1 Å². The minimum atomic E-state index is -1.65. The lowest BCUT2D eigenvalue weighted by Gasteiger charge is -2.31. The molecule has 28 heteroatoms. The monoisotopic (exact) mass is 1330 g/mol. The second kappa shape index (κ2) is 39.2. The number of carboxylic acid groups (broad SMARTS) is 1. The number of rotatable bonds is 38. The number of carboxylic acids is 1. The Hall–Kier alpha value is -9.54. The van der Waals surface area contributed by atoms with Crippen LogP contribution in [0.25, 0.3) is 0 Å². The zero-order valence-corrected chi connectivity index (χ0v) is 55.9. The van der Waals surface area contributed by atoms with Gasteiger partial charge in [-0.2, -0.15) is 0 Å². The van der Waals surface area contributed by atoms with Crippen LogP contribution in [0.1, 0.15) is 83.6 Å². The smallest absolute Gasteiger partial charge is 0.327 e. The summed E-state index contributed by atoms with van der Waals surface area (Å²) in [5.74, 6) is -10.8. The molecule has 0 saturated heterocycles. The minimum absolute atomic E-state index is 0.0271. The van der Waals surface area contributed by atoms with Crippen molar-refractivity contribution in [1.82, 2.24) is 57.7 Å². The standard InChI is InChI=1S/C67H91N13O14S/c1-39(2)30-49(74-55(82)37-71-63(89)53(33-46-26-18-12-19-27-46)80(9)65(91)42(6)73-60(86)48(68)31-44-22-14-10-15-23-44)61(87)72-41(5)58(84)78-57(40(3)4)64(90)75-50(32-45-24-16-11-17-25-45)62(88)76-51(34-56(83)95-38-47-28-20-13-21-29-47)66(92)79(8)43(7)59(85)77-52(67(93)94)35-70-36-54(69)81/h10-29,39-43,48-53,57,70H,30-38,68H2,1-9H3,(H2,69,81)(H,71,89)(H,72,87)(H,73,86)(H,74,82)(H,75,90)(H,76,88)(H,77,85)(H,78,84)(H,93,94)/t41-,42-,43-,48-,49-,50-,51-,52-,53-,57-/m0/s1. The number of likely N-dealkylation sites (N-methyl/N-ethyl adjacent to an activating group) is 2. The van der Waals surface area contributed by atoms with E-state index in [9.17, 15) is 67.4 Å². The van der Waals surface area contributed by atoms with Crippen LogP contribution in [0, 0.1) is 11.8 Å². The molecule has 4 aromatic carbocycles. The SMILES string of the molecule is CC(C)C[C@H](NC(=O)CNC(=O)[C@H](Cc1ccccc1)N(C)C(=O)[C@H](C)NC(=O)[C@@H](N)Cc1ccccc1)C(=O)N[C@@H](C)C(=O)N[C@H](C(=O)N[C@@H](Cc1ccccc1)C(=O)N[C@@H](CC(=O)SCc1ccccc1)C(=O)N(C)[C@@H](C)C(=O)N[C@@H](CNCC(N)=O)C(=O)O)C(C)C. The first-order valence-electron chi connectivity index (χ1n) is 31.2. The van der Waals surface area contributed by atoms with Gasteiger partial charge >= 0.3 is 5.97 Å². The first-order chi connectivity index (χ1) is 44.9. The number of amides is 11. The van der Waals surface area contributed by atoms with E-state index in [1.807, 2.05) is 30.3 Å². The summed E-state index contributed by atoms with van der Waals surface area (Å²) < 4.78 is 0. The maximum atomic E-state index is 14.6. The largest absolute Gasteiger partial charge is 0.480 e. The summed E-state index contributed by atoms with van der Waals surface area (Å²) in [6.07, 6.45) is -0.433. The fourth-order valence-corrected chi connectivity index (χ4v) is 10.5. The molecule has 4 aromatic rings. The van der Waals surface area contributed by atoms with Crippen molar-refractivity contribution in [2.24, 2.45) is 23.3 Å². The molecule has 4 rings (SSSR count). The molecule has 0 spiro atoms. The maximum Gasteiger partial charge on any atom is 0.327 e. The van der Waals surface area contributed by atoms with Crippen LogP contribution in [0.3, 0.4) is 0 Å². The van der Waals surface area contributed by atoms with Crippen molar-refractivity contribution in [3.63, 3.8) is 0 Å². The van der Waals surface area contributed by atoms with Crippen LogP contribution in [0.4, 0.5) is 0 Å². The Morgan fingerprint density at radius 2 is 0.979 bits per heavy atom. The lowest BCUT2D eigenvalue weighted by atomic mass is 10.00. The van der Waals surface area contributed by atoms with Crippen molar-refractivity contribution < 1.29 is 67.4 Å². The normalized spacial score (nSPS) is 14.2. The number of thioether (sulfide) groups is 1. The van der Waals surface area contributed by atoms with Crippen LogP contribution in [-0.2, 0) is 87.3 Å². The fourth-order valence-electron chi connectivity index (χ4n) is 9.67. The molecule has 0 bridgehead atoms. The molecule has 10 atom stereocenters. The number of primary amides is 1. The molecule has 0 unspecified atom stereocenters. The van der Waals surface area contributed by atoms with Crippen LogP contribution < -0.4 is 59.3 Å². The van der Waals surface area contributed by atoms with Gasteiger partial charge < -0.3 is 74.2 Å². The Morgan fingerprint density at radius 1 is 0.484 bits per heavy atom. The van der Waals surface area contributed by atoms with E-state index < -0.39 is 162 Å². The molecule has 14 N–H and O–H groups in total. The number of nitrogens with two attached hydrogens (primary N) is 2. The van der Waals surface area contributed by atoms with E-state index >= 15 is 0 Å². The molecule has 0 fully saturated rings. The molecule has 95 heavy (non-hydrogen) atoms. The third-order valence-electron chi connectivity index (χ3n) is 15.2. The van der Waals surface area contributed by atoms with Gasteiger partial charge in [-0.05, 0) is 67.7 Å². The van der Waals surface area contributed by atoms with Crippen molar-refractivity contribution in [3.05, 3.63) is 144 Å². The zero-order chi connectivity index (χ0) is 70.5. The Bertz CT molecular complexity index is 3260. The topological polar surface area (TPSA) is 409 Å². The second-order valence-corrected chi connectivity index (χ2v) is 24.9. The zero-order valence-electron chi connectivity index (χ0n) is 55.1. The molecule has 0 aliphatic carbocycles. The summed E-state index contributed by atoms with van der Waals surface area (Å²) >= 11 is 0.869. The van der Waals surface area contributed by atoms with E-state index in [0.717, 1.165) is 27.8 Å². The van der Waals surface area contributed by atoms with E-state index in [1.165, 1.54) is 39.8 Å². The summed E-state index contributed by atoms with van der Waals surface area (Å²) in [5, 5.41) is 32.5. The van der Waals surface area contributed by atoms with Crippen LogP contribution >= 0.6 is 11.8 Å². The van der Waals surface area contributed by atoms with E-state index in [1.54, 1.807) is 119 Å². The van der Waals surface area contributed by atoms with Gasteiger partial charge in [-0.25, -0.2) is 4.79 Å². The molecule has 0 radical (unpaired) electrons. The van der Waals surface area contributed by atoms with E-state index in [4.69, 9.17) is 11.5 Å². The first-order valence-corrected chi connectivity index (χ1v) is 32.2. The van der Waals surface area contributed by atoms with Crippen LogP contribution in [0.2, 0.25) is 0 Å². The molecule has 0 saturated carbocycles. The van der Waals surface area contributed by atoms with E-state index in [2.05, 4.69) is 47.9 Å². The molecular weight excluding hydrogens is 1240 g/mol. The van der Waals surface area contributed by atoms with Crippen LogP contribution in [0.15, 0.2) is 121 Å². The molecule has 27 nitrogen and oxygen atoms in total. The van der Waals surface area contributed by atoms with Crippen molar-refractivity contribution in [1.29, 1.82) is 0 Å². The molecule has 0 heterocycles. The average Bonchev–Trinajstić information content (AvgIpc) is 1.04. The highest BCUT2D eigenvalue weighted by Gasteiger charge is 2.38. The summed E-state index contributed by atoms with van der Waals surface area (Å²) in [6, 6.07) is 22.2. The van der Waals surface area contributed by atoms with Gasteiger partial charge in [0.15, 0.2) is 5.12 Å². The predicted molar refractivity (Wildman–Crippen MR) is 356 cm³/mol. The highest BCUT2D eigenvalue weighted by atomic mass is 32.2. The third kappa shape index (κ3) is 26.8. The number of hydrogen-bond acceptors (Lipinski definition) is 16. The number of nitrogens with one attached hydrogen (secondary N) is 9. The highest BCUT2D eigenvalue weighted by molar-refractivity contribution is 8.12. The Kier molecular flexibility index (Phi) is 32.2. The fraction of sp³-hybridized carbons (Fsp3) is 0.448. The van der Waals surface area contributed by atoms with Crippen molar-refractivity contribution in [2.75, 3.05) is 33.7 Å². The van der Waals surface area contributed by atoms with Gasteiger partial charge in [0.1, 0.15) is 54.4 Å². The first kappa shape index (κ1) is 77.9. The number of aliphatic carboxylic acids is 1. The van der Waals surface area contributed by atoms with Gasteiger partial charge in [0.25, 0.3) is 0 Å². The Labute approximate surface area is 557 Å². The van der Waals surface area contributed by atoms with Gasteiger partial charge in [0.2, 0.25) is 65.0 Å². The number of hydrogen-bond donors (Lipinski definition) is 12. The van der Waals surface area contributed by atoms with Gasteiger partial charge in [-0.15, -0.1) is 0 Å². The minimum Gasteiger partial charge on any atom is -0.480 e. The van der Waals surface area contributed by atoms with Crippen LogP contribution in [0.5, 0.6) is 0 Å². The van der Waals surface area contributed by atoms with E-state index in [-0.39, 0.29) is 43.9 Å². The van der Waals surface area contributed by atoms with Gasteiger partial charge in [-0.1, -0.05) is 161 Å². The number of carbonyl (C=O) groups is 13. The lowest BCUT2D eigenvalue weighted by molar-refractivity contribution is -0.145. The lowest BCUT2D eigenvalue weighted by Crippen LogP contribution is -2.61. The molecule has 11 amide bonds. The van der Waals surface area contributed by atoms with Crippen LogP contribution in [-0.4, -0.2) is 185 Å². The highest BCUT2D eigenvalue weighted by Crippen LogP contribution is 2.18. The third-order valence-corrected chi connectivity index (χ3v) is 16.2. The summed E-state index contributed by atoms with van der Waals surface area (Å²) in [6.45, 7) is 9.53. The maximum absolute atomic E-state index is 14.6. The molecular formula is C67H91N13O14S. The quantitative estimate of drug-likeness (QED) is 0.0280. The van der Waals surface area contributed by atoms with Crippen molar-refractivity contribution in [3.8, 4) is 0 Å². The molecule has 0 aliphatic rings. The summed E-state index contributed by atoms with van der Waals surface area (Å²) in [4.78, 5) is 179. The average molecular weight is 1330 g/mol. The summed E-state index contributed by atoms with van der Waals surface area (Å²) in [7, 11) is 2.62. The summed E-state index contributed by atoms with van der Waals surface area (Å²) in [5.41, 5.74) is 14.2. The second-order valence-electron chi connectivity index (χ2n) is 23.9. The molecule has 514 valence electrons. The number of benzene rings is 4. The van der Waals surface area contributed by atoms with Gasteiger partial charge in [-0.3, -0.25) is 57.5 Å². The number of nitrogens with zero attached hydrogens (tertiary/aromatic N) is 2. The van der Waals surface area contributed by atoms with Crippen molar-refractivity contribution >= 4 is 87.8 Å². The Morgan fingerprint density at radius 3 is 1.51 bits per heavy atom. The predicted octanol–water partition coefficient (Wildman–Crippen LogP) is -0.0230.